The molecule has 2 unspecified atom stereocenters. The van der Waals surface area contributed by atoms with E-state index in [-0.39, 0.29) is 19.2 Å². The Labute approximate surface area is 300 Å². The topological polar surface area (TPSA) is 168 Å². The van der Waals surface area contributed by atoms with Crippen molar-refractivity contribution in [2.45, 2.75) is 25.2 Å². The first-order chi connectivity index (χ1) is 25.2. The van der Waals surface area contributed by atoms with E-state index in [2.05, 4.69) is 85.9 Å². The maximum atomic E-state index is 11.5. The molecule has 0 fully saturated rings. The first-order valence-corrected chi connectivity index (χ1v) is 16.4. The molecule has 1 aliphatic heterocycles. The number of carboxylic acids is 1. The molecular formula is C40H40N4O8. The van der Waals surface area contributed by atoms with Gasteiger partial charge in [-0.2, -0.15) is 0 Å². The number of nitrogens with two attached hydrogens (primary N) is 1. The quantitative estimate of drug-likeness (QED) is 0.178. The molecule has 0 aliphatic carbocycles. The zero-order valence-electron chi connectivity index (χ0n) is 28.8. The molecule has 0 spiro atoms. The van der Waals surface area contributed by atoms with Crippen LogP contribution in [0.3, 0.4) is 0 Å². The lowest BCUT2D eigenvalue weighted by Crippen LogP contribution is -2.34. The van der Waals surface area contributed by atoms with Gasteiger partial charge >= 0.3 is 17.9 Å². The van der Waals surface area contributed by atoms with Crippen LogP contribution < -0.4 is 5.73 Å². The Morgan fingerprint density at radius 1 is 0.788 bits per heavy atom. The van der Waals surface area contributed by atoms with Crippen molar-refractivity contribution in [3.05, 3.63) is 144 Å². The van der Waals surface area contributed by atoms with Crippen molar-refractivity contribution >= 4 is 45.6 Å². The first kappa shape index (κ1) is 37.0. The van der Waals surface area contributed by atoms with Crippen molar-refractivity contribution in [2.75, 3.05) is 27.4 Å². The van der Waals surface area contributed by atoms with Crippen LogP contribution in [0.2, 0.25) is 0 Å². The minimum Gasteiger partial charge on any atom is -0.478 e. The van der Waals surface area contributed by atoms with Gasteiger partial charge in [-0.25, -0.2) is 14.6 Å². The molecule has 1 aliphatic rings. The predicted molar refractivity (Wildman–Crippen MR) is 197 cm³/mol. The highest BCUT2D eigenvalue weighted by atomic mass is 16.5. The molecule has 7 rings (SSSR count). The van der Waals surface area contributed by atoms with Gasteiger partial charge in [0.2, 0.25) is 5.90 Å². The van der Waals surface area contributed by atoms with Gasteiger partial charge < -0.3 is 39.3 Å². The van der Waals surface area contributed by atoms with Crippen LogP contribution in [0, 0.1) is 0 Å². The summed E-state index contributed by atoms with van der Waals surface area (Å²) in [4.78, 5) is 36.8. The number of aromatic carboxylic acids is 1. The minimum atomic E-state index is -0.891. The number of esters is 2. The minimum absolute atomic E-state index is 0.235. The number of ether oxygens (including phenoxy) is 3. The van der Waals surface area contributed by atoms with Gasteiger partial charge in [-0.15, -0.1) is 0 Å². The Morgan fingerprint density at radius 3 is 1.77 bits per heavy atom. The van der Waals surface area contributed by atoms with Gasteiger partial charge in [0.1, 0.15) is 12.6 Å². The molecule has 6 aromatic rings. The number of nitrogens with zero attached hydrogens (tertiary/aromatic N) is 3. The summed E-state index contributed by atoms with van der Waals surface area (Å²) in [5.41, 5.74) is 10.9. The van der Waals surface area contributed by atoms with Crippen molar-refractivity contribution in [3.8, 4) is 0 Å². The standard InChI is InChI=1S/C20H18N2O3.C16H13NO2.C4H9NO3/c1-24-20(23)17-13-25-19(21-17)16-8-6-14(7-9-16)12-22-11-10-15-4-2-3-5-18(15)22;18-16(19)14-7-5-12(6-8-14)11-17-10-9-13-3-1-2-4-15(13)17;1-8-4(7)3(5)2-6/h2-11,17H,12-13H2,1H3;1-10H,11H2,(H,18,19);3,6H,2,5H2,1H3. The van der Waals surface area contributed by atoms with E-state index in [1.165, 1.54) is 41.6 Å². The summed E-state index contributed by atoms with van der Waals surface area (Å²) in [6.07, 6.45) is 4.15. The molecule has 4 aromatic carbocycles. The molecule has 4 N–H and O–H groups in total. The summed E-state index contributed by atoms with van der Waals surface area (Å²) in [5, 5.41) is 19.5. The number of rotatable bonds is 9. The molecule has 0 amide bonds. The lowest BCUT2D eigenvalue weighted by molar-refractivity contribution is -0.143. The van der Waals surface area contributed by atoms with E-state index in [0.717, 1.165) is 24.2 Å². The smallest absolute Gasteiger partial charge is 0.335 e. The number of carbonyl (C=O) groups excluding carboxylic acids is 2. The molecule has 2 atom stereocenters. The van der Waals surface area contributed by atoms with Gasteiger partial charge in [0.05, 0.1) is 26.4 Å². The first-order valence-electron chi connectivity index (χ1n) is 16.4. The fourth-order valence-corrected chi connectivity index (χ4v) is 5.47. The maximum absolute atomic E-state index is 11.5. The average Bonchev–Trinajstić information content (AvgIpc) is 3.95. The third kappa shape index (κ3) is 9.30. The molecule has 52 heavy (non-hydrogen) atoms. The Balaban J connectivity index is 0.000000171. The van der Waals surface area contributed by atoms with Gasteiger partial charge in [-0.3, -0.25) is 4.79 Å². The molecule has 2 aromatic heterocycles. The van der Waals surface area contributed by atoms with Gasteiger partial charge in [0, 0.05) is 42.1 Å². The van der Waals surface area contributed by atoms with Crippen molar-refractivity contribution in [1.82, 2.24) is 9.13 Å². The lowest BCUT2D eigenvalue weighted by atomic mass is 10.1. The van der Waals surface area contributed by atoms with Crippen LogP contribution >= 0.6 is 0 Å². The van der Waals surface area contributed by atoms with Crippen LogP contribution in [0.5, 0.6) is 0 Å². The molecule has 12 nitrogen and oxygen atoms in total. The van der Waals surface area contributed by atoms with E-state index in [1.807, 2.05) is 42.5 Å². The number of benzene rings is 4. The van der Waals surface area contributed by atoms with Crippen LogP contribution in [0.1, 0.15) is 27.0 Å². The Morgan fingerprint density at radius 2 is 1.31 bits per heavy atom. The number of methoxy groups -OCH3 is 2. The normalized spacial score (nSPS) is 13.8. The molecule has 268 valence electrons. The monoisotopic (exact) mass is 704 g/mol. The number of para-hydroxylation sites is 2. The number of aromatic nitrogens is 2. The highest BCUT2D eigenvalue weighted by Gasteiger charge is 2.27. The maximum Gasteiger partial charge on any atom is 0.335 e. The highest BCUT2D eigenvalue weighted by molar-refractivity contribution is 5.97. The summed E-state index contributed by atoms with van der Waals surface area (Å²) in [6.45, 7) is 1.41. The van der Waals surface area contributed by atoms with E-state index in [0.29, 0.717) is 11.5 Å². The fraction of sp³-hybridized carbons (Fsp3) is 0.200. The van der Waals surface area contributed by atoms with Crippen LogP contribution in [-0.4, -0.2) is 82.7 Å². The summed E-state index contributed by atoms with van der Waals surface area (Å²) in [7, 11) is 2.58. The molecule has 12 heteroatoms. The van der Waals surface area contributed by atoms with Crippen LogP contribution in [0.25, 0.3) is 21.8 Å². The molecule has 0 bridgehead atoms. The fourth-order valence-electron chi connectivity index (χ4n) is 5.47. The predicted octanol–water partition coefficient (Wildman–Crippen LogP) is 4.87. The highest BCUT2D eigenvalue weighted by Crippen LogP contribution is 2.19. The van der Waals surface area contributed by atoms with E-state index < -0.39 is 24.0 Å². The molecule has 0 saturated carbocycles. The number of aliphatic imine (C=N–C) groups is 1. The van der Waals surface area contributed by atoms with Crippen molar-refractivity contribution in [2.24, 2.45) is 10.7 Å². The molecular weight excluding hydrogens is 664 g/mol. The second-order valence-electron chi connectivity index (χ2n) is 11.8. The number of aliphatic hydroxyl groups excluding tert-OH is 1. The van der Waals surface area contributed by atoms with Gasteiger partial charge in [0.15, 0.2) is 6.04 Å². The number of hydrogen-bond acceptors (Lipinski definition) is 9. The Hall–Kier alpha value is -6.24. The van der Waals surface area contributed by atoms with Crippen LogP contribution in [-0.2, 0) is 36.9 Å². The number of aliphatic hydroxyl groups is 1. The number of fused-ring (bicyclic) bond motifs is 2. The van der Waals surface area contributed by atoms with Crippen molar-refractivity contribution in [3.63, 3.8) is 0 Å². The lowest BCUT2D eigenvalue weighted by Gasteiger charge is -2.07. The third-order valence-corrected chi connectivity index (χ3v) is 8.29. The second-order valence-corrected chi connectivity index (χ2v) is 11.8. The summed E-state index contributed by atoms with van der Waals surface area (Å²) < 4.78 is 18.8. The zero-order chi connectivity index (χ0) is 37.0. The third-order valence-electron chi connectivity index (χ3n) is 8.29. The SMILES string of the molecule is COC(=O)C(N)CO.COC(=O)C1COC(c2ccc(Cn3ccc4ccccc43)cc2)=N1.O=C(O)c1ccc(Cn2ccc3ccccc32)cc1. The number of carbonyl (C=O) groups is 3. The summed E-state index contributed by atoms with van der Waals surface area (Å²) in [5.74, 6) is -1.36. The molecule has 0 radical (unpaired) electrons. The van der Waals surface area contributed by atoms with Crippen LogP contribution in [0.15, 0.2) is 127 Å². The van der Waals surface area contributed by atoms with E-state index >= 15 is 0 Å². The van der Waals surface area contributed by atoms with Gasteiger partial charge in [-0.1, -0.05) is 60.7 Å². The Bertz CT molecular complexity index is 2150. The van der Waals surface area contributed by atoms with Gasteiger partial charge in [0.25, 0.3) is 0 Å². The van der Waals surface area contributed by atoms with Crippen molar-refractivity contribution < 1.29 is 38.8 Å². The zero-order valence-corrected chi connectivity index (χ0v) is 28.8. The summed E-state index contributed by atoms with van der Waals surface area (Å²) in [6, 6.07) is 34.4. The summed E-state index contributed by atoms with van der Waals surface area (Å²) >= 11 is 0. The van der Waals surface area contributed by atoms with Crippen LogP contribution in [0.4, 0.5) is 0 Å². The van der Waals surface area contributed by atoms with E-state index in [9.17, 15) is 14.4 Å². The van der Waals surface area contributed by atoms with E-state index in [1.54, 1.807) is 12.1 Å². The van der Waals surface area contributed by atoms with E-state index in [4.69, 9.17) is 25.4 Å². The number of carboxylic acid groups (broad SMARTS) is 1. The van der Waals surface area contributed by atoms with Crippen molar-refractivity contribution in [1.29, 1.82) is 0 Å². The second kappa shape index (κ2) is 17.6. The molecule has 0 saturated heterocycles. The number of hydrogen-bond donors (Lipinski definition) is 3. The van der Waals surface area contributed by atoms with Gasteiger partial charge in [-0.05, 0) is 70.4 Å². The average molecular weight is 705 g/mol. The largest absolute Gasteiger partial charge is 0.478 e. The molecule has 3 heterocycles. The Kier molecular flexibility index (Phi) is 12.5.